The molecule has 0 fully saturated rings. The van der Waals surface area contributed by atoms with E-state index < -0.39 is 12.0 Å². The maximum Gasteiger partial charge on any atom is 0.338 e. The summed E-state index contributed by atoms with van der Waals surface area (Å²) < 4.78 is 13.2. The molecule has 1 aliphatic heterocycles. The van der Waals surface area contributed by atoms with Crippen molar-refractivity contribution in [2.45, 2.75) is 39.8 Å². The van der Waals surface area contributed by atoms with Crippen LogP contribution in [-0.4, -0.2) is 28.2 Å². The van der Waals surface area contributed by atoms with E-state index in [4.69, 9.17) is 9.47 Å². The number of rotatable bonds is 6. The van der Waals surface area contributed by atoms with Crippen molar-refractivity contribution in [2.75, 3.05) is 6.61 Å². The predicted octanol–water partition coefficient (Wildman–Crippen LogP) is 2.98. The fourth-order valence-electron chi connectivity index (χ4n) is 3.72. The molecule has 1 unspecified atom stereocenters. The Labute approximate surface area is 195 Å². The number of nitrogens with zero attached hydrogens (tertiary/aromatic N) is 3. The number of thiazole rings is 1. The zero-order valence-corrected chi connectivity index (χ0v) is 19.8. The summed E-state index contributed by atoms with van der Waals surface area (Å²) in [5.41, 5.74) is 2.27. The monoisotopic (exact) mass is 463 g/mol. The Morgan fingerprint density at radius 3 is 2.64 bits per heavy atom. The maximum absolute atomic E-state index is 13.5. The van der Waals surface area contributed by atoms with Crippen LogP contribution in [0, 0.1) is 0 Å². The van der Waals surface area contributed by atoms with E-state index in [1.54, 1.807) is 36.9 Å². The topological polar surface area (TPSA) is 82.8 Å². The molecule has 0 spiro atoms. The van der Waals surface area contributed by atoms with E-state index in [9.17, 15) is 9.59 Å². The van der Waals surface area contributed by atoms with Gasteiger partial charge in [-0.3, -0.25) is 14.3 Å². The number of allylic oxidation sites excluding steroid dienone is 1. The Morgan fingerprint density at radius 2 is 2.00 bits per heavy atom. The normalized spacial score (nSPS) is 15.9. The van der Waals surface area contributed by atoms with Crippen molar-refractivity contribution < 1.29 is 14.3 Å². The van der Waals surface area contributed by atoms with Crippen LogP contribution in [0.1, 0.15) is 44.9 Å². The van der Waals surface area contributed by atoms with Crippen molar-refractivity contribution in [3.05, 3.63) is 90.9 Å². The second-order valence-electron chi connectivity index (χ2n) is 7.82. The number of aromatic nitrogens is 2. The zero-order chi connectivity index (χ0) is 23.5. The molecule has 7 nitrogen and oxygen atoms in total. The largest absolute Gasteiger partial charge is 0.491 e. The third-order valence-electron chi connectivity index (χ3n) is 5.07. The smallest absolute Gasteiger partial charge is 0.338 e. The van der Waals surface area contributed by atoms with Gasteiger partial charge in [0.25, 0.3) is 5.56 Å². The predicted molar refractivity (Wildman–Crippen MR) is 127 cm³/mol. The second-order valence-corrected chi connectivity index (χ2v) is 8.83. The SMILES string of the molecule is CCOC(=O)C1=C(C)N=c2s/c(=C/c3cccnc3)c(=O)n2C1c1ccc(OC(C)C)cc1. The summed E-state index contributed by atoms with van der Waals surface area (Å²) in [6, 6.07) is 10.5. The summed E-state index contributed by atoms with van der Waals surface area (Å²) in [6.07, 6.45) is 5.20. The van der Waals surface area contributed by atoms with Gasteiger partial charge in [0.1, 0.15) is 5.75 Å². The average molecular weight is 464 g/mol. The van der Waals surface area contributed by atoms with Crippen LogP contribution in [0.5, 0.6) is 5.75 Å². The highest BCUT2D eigenvalue weighted by atomic mass is 32.1. The van der Waals surface area contributed by atoms with Crippen molar-refractivity contribution in [1.29, 1.82) is 0 Å². The first-order valence-electron chi connectivity index (χ1n) is 10.8. The third-order valence-corrected chi connectivity index (χ3v) is 6.05. The molecule has 0 saturated carbocycles. The van der Waals surface area contributed by atoms with Crippen molar-refractivity contribution >= 4 is 23.4 Å². The molecule has 1 aliphatic rings. The molecular weight excluding hydrogens is 438 g/mol. The fraction of sp³-hybridized carbons (Fsp3) is 0.280. The fourth-order valence-corrected chi connectivity index (χ4v) is 4.77. The Kier molecular flexibility index (Phi) is 6.55. The highest BCUT2D eigenvalue weighted by Crippen LogP contribution is 2.31. The molecule has 0 amide bonds. The van der Waals surface area contributed by atoms with Gasteiger partial charge in [0, 0.05) is 12.4 Å². The molecule has 1 atom stereocenters. The standard InChI is InChI=1S/C25H25N3O4S/c1-5-31-24(30)21-16(4)27-25-28(22(21)18-8-10-19(11-9-18)32-15(2)3)23(29)20(33-25)13-17-7-6-12-26-14-17/h6-15,22H,5H2,1-4H3/b20-13+. The maximum atomic E-state index is 13.5. The first kappa shape index (κ1) is 22.7. The molecule has 33 heavy (non-hydrogen) atoms. The van der Waals surface area contributed by atoms with Crippen LogP contribution in [0.2, 0.25) is 0 Å². The minimum absolute atomic E-state index is 0.0400. The molecule has 1 aromatic carbocycles. The number of hydrogen-bond donors (Lipinski definition) is 0. The van der Waals surface area contributed by atoms with E-state index in [-0.39, 0.29) is 18.3 Å². The summed E-state index contributed by atoms with van der Waals surface area (Å²) in [5, 5.41) is 0. The van der Waals surface area contributed by atoms with Crippen LogP contribution in [0.25, 0.3) is 6.08 Å². The van der Waals surface area contributed by atoms with E-state index in [0.29, 0.717) is 20.6 Å². The lowest BCUT2D eigenvalue weighted by molar-refractivity contribution is -0.139. The van der Waals surface area contributed by atoms with Gasteiger partial charge in [-0.25, -0.2) is 9.79 Å². The number of hydrogen-bond acceptors (Lipinski definition) is 7. The molecule has 3 heterocycles. The van der Waals surface area contributed by atoms with Crippen molar-refractivity contribution in [3.8, 4) is 5.75 Å². The summed E-state index contributed by atoms with van der Waals surface area (Å²) in [4.78, 5) is 35.7. The number of fused-ring (bicyclic) bond motifs is 1. The number of esters is 1. The molecule has 0 saturated heterocycles. The van der Waals surface area contributed by atoms with Crippen molar-refractivity contribution in [1.82, 2.24) is 9.55 Å². The van der Waals surface area contributed by atoms with Crippen LogP contribution < -0.4 is 19.6 Å². The summed E-state index contributed by atoms with van der Waals surface area (Å²) in [5.74, 6) is 0.240. The summed E-state index contributed by atoms with van der Waals surface area (Å²) >= 11 is 1.29. The third kappa shape index (κ3) is 4.66. The van der Waals surface area contributed by atoms with Crippen LogP contribution in [0.3, 0.4) is 0 Å². The van der Waals surface area contributed by atoms with Crippen LogP contribution in [-0.2, 0) is 9.53 Å². The Bertz CT molecular complexity index is 1370. The molecule has 0 bridgehead atoms. The first-order valence-corrected chi connectivity index (χ1v) is 11.6. The number of carbonyl (C=O) groups excluding carboxylic acids is 1. The van der Waals surface area contributed by atoms with E-state index in [0.717, 1.165) is 16.9 Å². The summed E-state index contributed by atoms with van der Waals surface area (Å²) in [6.45, 7) is 7.67. The molecule has 2 aromatic heterocycles. The number of pyridine rings is 1. The van der Waals surface area contributed by atoms with Crippen molar-refractivity contribution in [2.24, 2.45) is 4.99 Å². The highest BCUT2D eigenvalue weighted by Gasteiger charge is 2.33. The molecule has 0 radical (unpaired) electrons. The van der Waals surface area contributed by atoms with Crippen LogP contribution in [0.15, 0.2) is 69.8 Å². The number of benzene rings is 1. The van der Waals surface area contributed by atoms with Gasteiger partial charge in [-0.1, -0.05) is 29.5 Å². The van der Waals surface area contributed by atoms with Gasteiger partial charge < -0.3 is 9.47 Å². The highest BCUT2D eigenvalue weighted by molar-refractivity contribution is 7.07. The van der Waals surface area contributed by atoms with Gasteiger partial charge in [0.05, 0.1) is 34.6 Å². The van der Waals surface area contributed by atoms with Crippen LogP contribution >= 0.6 is 11.3 Å². The van der Waals surface area contributed by atoms with Gasteiger partial charge in [-0.15, -0.1) is 0 Å². The molecule has 0 aliphatic carbocycles. The van der Waals surface area contributed by atoms with Crippen LogP contribution in [0.4, 0.5) is 0 Å². The lowest BCUT2D eigenvalue weighted by Gasteiger charge is -2.25. The Morgan fingerprint density at radius 1 is 1.24 bits per heavy atom. The zero-order valence-electron chi connectivity index (χ0n) is 18.9. The molecule has 3 aromatic rings. The van der Waals surface area contributed by atoms with Gasteiger partial charge in [0.2, 0.25) is 0 Å². The number of ether oxygens (including phenoxy) is 2. The average Bonchev–Trinajstić information content (AvgIpc) is 3.08. The van der Waals surface area contributed by atoms with Gasteiger partial charge in [-0.05, 0) is 63.1 Å². The van der Waals surface area contributed by atoms with E-state index in [2.05, 4.69) is 9.98 Å². The van der Waals surface area contributed by atoms with E-state index in [1.165, 1.54) is 11.3 Å². The lowest BCUT2D eigenvalue weighted by atomic mass is 9.96. The van der Waals surface area contributed by atoms with Crippen molar-refractivity contribution in [3.63, 3.8) is 0 Å². The minimum atomic E-state index is -0.649. The van der Waals surface area contributed by atoms with Gasteiger partial charge in [0.15, 0.2) is 4.80 Å². The first-order chi connectivity index (χ1) is 15.9. The quantitative estimate of drug-likeness (QED) is 0.525. The molecule has 0 N–H and O–H groups in total. The van der Waals surface area contributed by atoms with E-state index >= 15 is 0 Å². The van der Waals surface area contributed by atoms with Gasteiger partial charge in [-0.2, -0.15) is 0 Å². The number of carbonyl (C=O) groups is 1. The lowest BCUT2D eigenvalue weighted by Crippen LogP contribution is -2.39. The minimum Gasteiger partial charge on any atom is -0.491 e. The summed E-state index contributed by atoms with van der Waals surface area (Å²) in [7, 11) is 0. The van der Waals surface area contributed by atoms with Gasteiger partial charge >= 0.3 is 5.97 Å². The second kappa shape index (κ2) is 9.54. The Balaban J connectivity index is 1.90. The molecular formula is C25H25N3O4S. The molecule has 8 heteroatoms. The molecule has 4 rings (SSSR count). The van der Waals surface area contributed by atoms with E-state index in [1.807, 2.05) is 50.2 Å². The Hall–Kier alpha value is -3.52. The molecule has 170 valence electrons.